The van der Waals surface area contributed by atoms with E-state index in [2.05, 4.69) is 36.5 Å². The Morgan fingerprint density at radius 2 is 0.863 bits per heavy atom. The first-order valence-electron chi connectivity index (χ1n) is 19.0. The minimum Gasteiger partial charge on any atom is -0.449 e. The van der Waals surface area contributed by atoms with Crippen LogP contribution in [-0.2, 0) is 42.6 Å². The molecular formula is C40H63NO10. The van der Waals surface area contributed by atoms with Gasteiger partial charge in [-0.1, -0.05) is 87.6 Å². The quantitative estimate of drug-likeness (QED) is 0.0816. The van der Waals surface area contributed by atoms with Gasteiger partial charge in [-0.05, 0) is 35.1 Å². The molecule has 2 aromatic carbocycles. The van der Waals surface area contributed by atoms with Gasteiger partial charge in [-0.3, -0.25) is 0 Å². The van der Waals surface area contributed by atoms with Gasteiger partial charge in [0.25, 0.3) is 0 Å². The van der Waals surface area contributed by atoms with Crippen LogP contribution in [0.25, 0.3) is 11.1 Å². The zero-order valence-corrected chi connectivity index (χ0v) is 31.0. The summed E-state index contributed by atoms with van der Waals surface area (Å²) in [7, 11) is 0. The van der Waals surface area contributed by atoms with Crippen molar-refractivity contribution in [3.05, 3.63) is 59.7 Å². The molecule has 0 saturated heterocycles. The minimum atomic E-state index is -0.409. The van der Waals surface area contributed by atoms with Crippen molar-refractivity contribution in [3.8, 4) is 11.1 Å². The molecule has 0 aliphatic heterocycles. The van der Waals surface area contributed by atoms with Crippen molar-refractivity contribution in [1.82, 2.24) is 5.32 Å². The van der Waals surface area contributed by atoms with Gasteiger partial charge in [-0.2, -0.15) is 0 Å². The number of hydrogen-bond acceptors (Lipinski definition) is 10. The average Bonchev–Trinajstić information content (AvgIpc) is 3.48. The number of alkyl carbamates (subject to hydrolysis) is 1. The molecule has 0 fully saturated rings. The maximum atomic E-state index is 12.3. The smallest absolute Gasteiger partial charge is 0.407 e. The first-order chi connectivity index (χ1) is 25.3. The number of rotatable bonds is 34. The summed E-state index contributed by atoms with van der Waals surface area (Å²) in [5.41, 5.74) is 4.83. The van der Waals surface area contributed by atoms with Crippen molar-refractivity contribution in [3.63, 3.8) is 0 Å². The van der Waals surface area contributed by atoms with Gasteiger partial charge in [0.1, 0.15) is 6.61 Å². The maximum absolute atomic E-state index is 12.3. The second-order valence-electron chi connectivity index (χ2n) is 12.3. The summed E-state index contributed by atoms with van der Waals surface area (Å²) in [5, 5.41) is 2.81. The lowest BCUT2D eigenvalue weighted by molar-refractivity contribution is -0.0232. The summed E-state index contributed by atoms with van der Waals surface area (Å²) in [6.07, 6.45) is 7.95. The van der Waals surface area contributed by atoms with E-state index in [1.165, 1.54) is 54.4 Å². The van der Waals surface area contributed by atoms with Gasteiger partial charge in [0.15, 0.2) is 0 Å². The lowest BCUT2D eigenvalue weighted by Gasteiger charge is -2.14. The van der Waals surface area contributed by atoms with Gasteiger partial charge in [-0.15, -0.1) is 0 Å². The van der Waals surface area contributed by atoms with Crippen LogP contribution in [-0.4, -0.2) is 125 Å². The predicted octanol–water partition coefficient (Wildman–Crippen LogP) is 6.41. The fourth-order valence-electron chi connectivity index (χ4n) is 5.64. The van der Waals surface area contributed by atoms with Gasteiger partial charge in [0.2, 0.25) is 0 Å². The Morgan fingerprint density at radius 3 is 1.31 bits per heavy atom. The highest BCUT2D eigenvalue weighted by atomic mass is 16.6. The molecule has 11 heteroatoms. The van der Waals surface area contributed by atoms with Gasteiger partial charge >= 0.3 is 6.09 Å². The van der Waals surface area contributed by atoms with E-state index in [0.717, 1.165) is 13.0 Å². The van der Waals surface area contributed by atoms with Crippen LogP contribution in [0.15, 0.2) is 48.5 Å². The minimum absolute atomic E-state index is 0.0550. The Labute approximate surface area is 305 Å². The fourth-order valence-corrected chi connectivity index (χ4v) is 5.64. The normalized spacial score (nSPS) is 12.3. The highest BCUT2D eigenvalue weighted by Gasteiger charge is 2.28. The van der Waals surface area contributed by atoms with Gasteiger partial charge in [0.05, 0.1) is 92.5 Å². The fraction of sp³-hybridized carbons (Fsp3) is 0.675. The van der Waals surface area contributed by atoms with E-state index in [1.54, 1.807) is 0 Å². The van der Waals surface area contributed by atoms with Crippen molar-refractivity contribution in [2.45, 2.75) is 57.8 Å². The van der Waals surface area contributed by atoms with Crippen LogP contribution in [0.4, 0.5) is 4.79 Å². The standard InChI is InChI=1S/C40H63NO10/c1-2-3-4-5-6-11-18-43-20-22-45-24-26-47-28-30-49-32-33-50-31-29-48-27-25-46-23-21-44-19-12-17-41-40(42)51-34-39-37-15-9-7-13-35(37)36-14-8-10-16-38(36)39/h7-10,13-16,39H,2-6,11-12,17-34H2,1H3,(H,41,42). The molecule has 288 valence electrons. The molecule has 0 unspecified atom stereocenters. The molecule has 2 aromatic rings. The summed E-state index contributed by atoms with van der Waals surface area (Å²) >= 11 is 0. The zero-order chi connectivity index (χ0) is 35.9. The number of hydrogen-bond donors (Lipinski definition) is 1. The number of benzene rings is 2. The van der Waals surface area contributed by atoms with Crippen molar-refractivity contribution in [2.24, 2.45) is 0 Å². The first-order valence-corrected chi connectivity index (χ1v) is 19.0. The molecule has 0 bridgehead atoms. The molecular weight excluding hydrogens is 654 g/mol. The number of carbonyl (C=O) groups is 1. The van der Waals surface area contributed by atoms with Crippen molar-refractivity contribution in [1.29, 1.82) is 0 Å². The lowest BCUT2D eigenvalue weighted by Crippen LogP contribution is -2.27. The number of carbonyl (C=O) groups excluding carboxylic acids is 1. The van der Waals surface area contributed by atoms with Crippen LogP contribution in [0.2, 0.25) is 0 Å². The predicted molar refractivity (Wildman–Crippen MR) is 198 cm³/mol. The van der Waals surface area contributed by atoms with E-state index in [-0.39, 0.29) is 5.92 Å². The molecule has 0 atom stereocenters. The van der Waals surface area contributed by atoms with Crippen LogP contribution in [0.5, 0.6) is 0 Å². The van der Waals surface area contributed by atoms with Crippen molar-refractivity contribution in [2.75, 3.05) is 119 Å². The van der Waals surface area contributed by atoms with E-state index in [4.69, 9.17) is 42.6 Å². The summed E-state index contributed by atoms with van der Waals surface area (Å²) < 4.78 is 49.8. The molecule has 3 rings (SSSR count). The van der Waals surface area contributed by atoms with Gasteiger partial charge in [0, 0.05) is 25.7 Å². The highest BCUT2D eigenvalue weighted by Crippen LogP contribution is 2.44. The third-order valence-electron chi connectivity index (χ3n) is 8.32. The number of fused-ring (bicyclic) bond motifs is 3. The van der Waals surface area contributed by atoms with E-state index >= 15 is 0 Å². The molecule has 0 spiro atoms. The molecule has 0 aromatic heterocycles. The summed E-state index contributed by atoms with van der Waals surface area (Å²) in [6, 6.07) is 16.6. The summed E-state index contributed by atoms with van der Waals surface area (Å²) in [5.74, 6) is 0.0550. The topological polar surface area (TPSA) is 112 Å². The second kappa shape index (κ2) is 29.9. The van der Waals surface area contributed by atoms with Crippen LogP contribution in [0.1, 0.15) is 68.9 Å². The molecule has 11 nitrogen and oxygen atoms in total. The average molecular weight is 718 g/mol. The SMILES string of the molecule is CCCCCCCCOCCOCCOCCOCCOCCOCCOCCOCCCNC(=O)OCC1c2ccccc2-c2ccccc21. The third-order valence-corrected chi connectivity index (χ3v) is 8.32. The summed E-state index contributed by atoms with van der Waals surface area (Å²) in [4.78, 5) is 12.3. The van der Waals surface area contributed by atoms with Gasteiger partial charge < -0.3 is 47.9 Å². The molecule has 1 aliphatic carbocycles. The molecule has 1 amide bonds. The molecule has 1 N–H and O–H groups in total. The van der Waals surface area contributed by atoms with E-state index in [0.29, 0.717) is 119 Å². The summed E-state index contributed by atoms with van der Waals surface area (Å²) in [6.45, 7) is 11.8. The molecule has 51 heavy (non-hydrogen) atoms. The number of amides is 1. The van der Waals surface area contributed by atoms with E-state index < -0.39 is 6.09 Å². The lowest BCUT2D eigenvalue weighted by atomic mass is 9.98. The molecule has 0 radical (unpaired) electrons. The Hall–Kier alpha value is -2.61. The monoisotopic (exact) mass is 717 g/mol. The Bertz CT molecular complexity index is 1090. The first kappa shape index (κ1) is 42.8. The number of unbranched alkanes of at least 4 members (excludes halogenated alkanes) is 5. The van der Waals surface area contributed by atoms with Gasteiger partial charge in [-0.25, -0.2) is 4.79 Å². The Balaban J connectivity index is 0.965. The third kappa shape index (κ3) is 19.7. The number of nitrogens with one attached hydrogen (secondary N) is 1. The maximum Gasteiger partial charge on any atom is 0.407 e. The Morgan fingerprint density at radius 1 is 0.490 bits per heavy atom. The van der Waals surface area contributed by atoms with Crippen molar-refractivity contribution >= 4 is 6.09 Å². The largest absolute Gasteiger partial charge is 0.449 e. The van der Waals surface area contributed by atoms with E-state index in [9.17, 15) is 4.79 Å². The molecule has 0 heterocycles. The highest BCUT2D eigenvalue weighted by molar-refractivity contribution is 5.79. The van der Waals surface area contributed by atoms with Crippen LogP contribution >= 0.6 is 0 Å². The zero-order valence-electron chi connectivity index (χ0n) is 31.0. The van der Waals surface area contributed by atoms with Crippen LogP contribution in [0, 0.1) is 0 Å². The second-order valence-corrected chi connectivity index (χ2v) is 12.3. The van der Waals surface area contributed by atoms with Crippen LogP contribution in [0.3, 0.4) is 0 Å². The van der Waals surface area contributed by atoms with E-state index in [1.807, 2.05) is 24.3 Å². The molecule has 0 saturated carbocycles. The van der Waals surface area contributed by atoms with Crippen molar-refractivity contribution < 1.29 is 47.4 Å². The number of ether oxygens (including phenoxy) is 9. The van der Waals surface area contributed by atoms with Crippen LogP contribution < -0.4 is 5.32 Å². The Kier molecular flexibility index (Phi) is 25.1. The molecule has 1 aliphatic rings.